The van der Waals surface area contributed by atoms with Gasteiger partial charge in [-0.15, -0.1) is 0 Å². The lowest BCUT2D eigenvalue weighted by atomic mass is 9.61. The molecule has 11 nitrogen and oxygen atoms in total. The summed E-state index contributed by atoms with van der Waals surface area (Å²) in [5, 5.41) is 24.9. The van der Waals surface area contributed by atoms with Crippen molar-refractivity contribution in [2.75, 3.05) is 5.32 Å². The minimum atomic E-state index is -0.837. The summed E-state index contributed by atoms with van der Waals surface area (Å²) < 4.78 is 19.3. The van der Waals surface area contributed by atoms with Crippen LogP contribution in [-0.4, -0.2) is 42.0 Å². The van der Waals surface area contributed by atoms with Gasteiger partial charge in [0.1, 0.15) is 27.9 Å². The van der Waals surface area contributed by atoms with E-state index in [0.717, 1.165) is 31.9 Å². The maximum absolute atomic E-state index is 14.0. The van der Waals surface area contributed by atoms with Crippen molar-refractivity contribution in [3.05, 3.63) is 52.6 Å². The Morgan fingerprint density at radius 1 is 1.19 bits per heavy atom. The summed E-state index contributed by atoms with van der Waals surface area (Å²) in [4.78, 5) is 38.8. The molecule has 0 aromatic carbocycles. The molecule has 3 N–H and O–H groups in total. The molecule has 3 saturated carbocycles. The molecule has 0 aliphatic heterocycles. The zero-order valence-electron chi connectivity index (χ0n) is 18.8. The quantitative estimate of drug-likeness (QED) is 0.257. The number of hydrogen-bond donors (Lipinski definition) is 3. The summed E-state index contributed by atoms with van der Waals surface area (Å²) in [7, 11) is 0. The van der Waals surface area contributed by atoms with Crippen molar-refractivity contribution >= 4 is 28.7 Å². The average molecular weight is 492 g/mol. The van der Waals surface area contributed by atoms with E-state index in [1.807, 2.05) is 0 Å². The maximum atomic E-state index is 14.0. The number of nitro groups is 1. The molecule has 7 rings (SSSR count). The maximum Gasteiger partial charge on any atom is 0.433 e. The van der Waals surface area contributed by atoms with Gasteiger partial charge in [-0.2, -0.15) is 0 Å². The van der Waals surface area contributed by atoms with Gasteiger partial charge in [0.05, 0.1) is 18.2 Å². The molecule has 12 heteroatoms. The first kappa shape index (κ1) is 22.1. The first-order chi connectivity index (χ1) is 17.4. The number of H-pyrrole nitrogens is 1. The number of rotatable bonds is 6. The zero-order chi connectivity index (χ0) is 25.0. The monoisotopic (exact) mass is 492 g/mol. The topological polar surface area (TPSA) is 160 Å². The molecule has 184 valence electrons. The van der Waals surface area contributed by atoms with Gasteiger partial charge in [0, 0.05) is 29.3 Å². The fourth-order valence-corrected chi connectivity index (χ4v) is 5.68. The Labute approximate surface area is 202 Å². The van der Waals surface area contributed by atoms with Crippen molar-refractivity contribution in [3.63, 3.8) is 0 Å². The number of hydrogen-bond acceptors (Lipinski definition) is 8. The number of anilines is 1. The van der Waals surface area contributed by atoms with E-state index >= 15 is 0 Å². The molecule has 0 radical (unpaired) electrons. The van der Waals surface area contributed by atoms with E-state index in [2.05, 4.69) is 25.3 Å². The van der Waals surface area contributed by atoms with E-state index in [-0.39, 0.29) is 35.2 Å². The molecule has 4 heterocycles. The second-order valence-corrected chi connectivity index (χ2v) is 9.32. The van der Waals surface area contributed by atoms with E-state index in [1.165, 1.54) is 18.2 Å². The number of carbonyl (C=O) groups is 1. The summed E-state index contributed by atoms with van der Waals surface area (Å²) in [5.74, 6) is -1.34. The molecule has 2 atom stereocenters. The van der Waals surface area contributed by atoms with Crippen molar-refractivity contribution in [2.24, 2.45) is 17.8 Å². The van der Waals surface area contributed by atoms with Gasteiger partial charge in [0.15, 0.2) is 11.6 Å². The number of furan rings is 1. The van der Waals surface area contributed by atoms with Gasteiger partial charge in [-0.05, 0) is 49.7 Å². The Balaban J connectivity index is 1.46. The molecule has 3 aliphatic rings. The van der Waals surface area contributed by atoms with Gasteiger partial charge < -0.3 is 19.8 Å². The molecule has 0 saturated heterocycles. The minimum Gasteiger partial charge on any atom is -0.481 e. The standard InChI is InChI=1S/C24H21FN6O5/c25-13-7-14-15(10-27-22(14)26-9-13)23-28-16(17-5-6-19(36-17)31(34)35)8-18(30-23)29-21-12-3-1-11(2-4-12)20(21)24(32)33/h5-12,20-21H,1-4H2,(H,26,27)(H,32,33)(H,28,29,30)/t11?,12?,20-,21-/m0/s1. The molecule has 2 bridgehead atoms. The van der Waals surface area contributed by atoms with Crippen LogP contribution >= 0.6 is 0 Å². The molecular weight excluding hydrogens is 471 g/mol. The van der Waals surface area contributed by atoms with Crippen LogP contribution in [0.25, 0.3) is 33.9 Å². The normalized spacial score (nSPS) is 23.1. The number of halogens is 1. The summed E-state index contributed by atoms with van der Waals surface area (Å²) >= 11 is 0. The number of aromatic amines is 1. The molecule has 4 aromatic rings. The summed E-state index contributed by atoms with van der Waals surface area (Å²) in [6.45, 7) is 0. The van der Waals surface area contributed by atoms with Crippen LogP contribution in [-0.2, 0) is 4.79 Å². The summed E-state index contributed by atoms with van der Waals surface area (Å²) in [5.41, 5.74) is 1.18. The lowest BCUT2D eigenvalue weighted by Crippen LogP contribution is -2.51. The van der Waals surface area contributed by atoms with Gasteiger partial charge >= 0.3 is 11.9 Å². The first-order valence-corrected chi connectivity index (χ1v) is 11.6. The van der Waals surface area contributed by atoms with Crippen LogP contribution in [0.5, 0.6) is 0 Å². The Morgan fingerprint density at radius 3 is 2.69 bits per heavy atom. The van der Waals surface area contributed by atoms with E-state index in [4.69, 9.17) is 4.42 Å². The van der Waals surface area contributed by atoms with Crippen molar-refractivity contribution in [2.45, 2.75) is 31.7 Å². The van der Waals surface area contributed by atoms with Crippen LogP contribution < -0.4 is 5.32 Å². The molecular formula is C24H21FN6O5. The number of pyridine rings is 1. The van der Waals surface area contributed by atoms with E-state index in [9.17, 15) is 24.4 Å². The fourth-order valence-electron chi connectivity index (χ4n) is 5.68. The number of aliphatic carboxylic acids is 1. The Hall–Kier alpha value is -4.35. The number of nitrogens with zero attached hydrogens (tertiary/aromatic N) is 4. The molecule has 36 heavy (non-hydrogen) atoms. The molecule has 0 unspecified atom stereocenters. The van der Waals surface area contributed by atoms with Crippen molar-refractivity contribution < 1.29 is 23.6 Å². The highest BCUT2D eigenvalue weighted by atomic mass is 19.1. The van der Waals surface area contributed by atoms with Crippen molar-refractivity contribution in [1.29, 1.82) is 0 Å². The highest BCUT2D eigenvalue weighted by Crippen LogP contribution is 2.46. The largest absolute Gasteiger partial charge is 0.481 e. The van der Waals surface area contributed by atoms with Crippen LogP contribution in [0.3, 0.4) is 0 Å². The number of aromatic nitrogens is 4. The summed E-state index contributed by atoms with van der Waals surface area (Å²) in [6, 6.07) is 5.25. The van der Waals surface area contributed by atoms with Crippen LogP contribution in [0.1, 0.15) is 25.7 Å². The Kier molecular flexibility index (Phi) is 5.16. The highest BCUT2D eigenvalue weighted by Gasteiger charge is 2.47. The molecule has 0 spiro atoms. The number of carboxylic acid groups (broad SMARTS) is 1. The predicted octanol–water partition coefficient (Wildman–Crippen LogP) is 4.63. The van der Waals surface area contributed by atoms with E-state index in [0.29, 0.717) is 22.4 Å². The van der Waals surface area contributed by atoms with Crippen molar-refractivity contribution in [3.8, 4) is 22.8 Å². The Bertz CT molecular complexity index is 1490. The van der Waals surface area contributed by atoms with E-state index < -0.39 is 28.5 Å². The smallest absolute Gasteiger partial charge is 0.433 e. The lowest BCUT2D eigenvalue weighted by molar-refractivity contribution is -0.401. The number of fused-ring (bicyclic) bond motifs is 4. The first-order valence-electron chi connectivity index (χ1n) is 11.6. The molecule has 4 aromatic heterocycles. The average Bonchev–Trinajstić information content (AvgIpc) is 3.52. The number of nitrogens with one attached hydrogen (secondary N) is 2. The van der Waals surface area contributed by atoms with Gasteiger partial charge in [-0.1, -0.05) is 0 Å². The zero-order valence-corrected chi connectivity index (χ0v) is 18.8. The van der Waals surface area contributed by atoms with Crippen LogP contribution in [0.4, 0.5) is 16.1 Å². The molecule has 3 fully saturated rings. The fraction of sp³-hybridized carbons (Fsp3) is 0.333. The van der Waals surface area contributed by atoms with E-state index in [1.54, 1.807) is 12.3 Å². The number of carboxylic acids is 1. The van der Waals surface area contributed by atoms with Crippen LogP contribution in [0, 0.1) is 33.7 Å². The minimum absolute atomic E-state index is 0.0983. The van der Waals surface area contributed by atoms with Crippen LogP contribution in [0.2, 0.25) is 0 Å². The third kappa shape index (κ3) is 3.74. The lowest BCUT2D eigenvalue weighted by Gasteiger charge is -2.47. The summed E-state index contributed by atoms with van der Waals surface area (Å²) in [6.07, 6.45) is 6.36. The molecule has 3 aliphatic carbocycles. The van der Waals surface area contributed by atoms with Crippen molar-refractivity contribution in [1.82, 2.24) is 19.9 Å². The SMILES string of the molecule is O=C(O)[C@H]1C2CCC(CC2)[C@@H]1Nc1cc(-c2ccc([N+](=O)[O-])o2)nc(-c2c[nH]c3ncc(F)cc23)n1. The van der Waals surface area contributed by atoms with Gasteiger partial charge in [0.25, 0.3) is 0 Å². The van der Waals surface area contributed by atoms with Gasteiger partial charge in [-0.3, -0.25) is 14.9 Å². The second kappa shape index (κ2) is 8.40. The van der Waals surface area contributed by atoms with Gasteiger partial charge in [0.2, 0.25) is 0 Å². The highest BCUT2D eigenvalue weighted by molar-refractivity contribution is 5.92. The Morgan fingerprint density at radius 2 is 1.97 bits per heavy atom. The predicted molar refractivity (Wildman–Crippen MR) is 125 cm³/mol. The third-order valence-corrected chi connectivity index (χ3v) is 7.31. The van der Waals surface area contributed by atoms with Gasteiger partial charge in [-0.25, -0.2) is 19.3 Å². The third-order valence-electron chi connectivity index (χ3n) is 7.31. The second-order valence-electron chi connectivity index (χ2n) is 9.32. The molecule has 0 amide bonds. The van der Waals surface area contributed by atoms with Crippen LogP contribution in [0.15, 0.2) is 41.1 Å².